The molecule has 0 fully saturated rings. The summed E-state index contributed by atoms with van der Waals surface area (Å²) in [6.07, 6.45) is 1.74. The Labute approximate surface area is 118 Å². The predicted octanol–water partition coefficient (Wildman–Crippen LogP) is 1.93. The fourth-order valence-electron chi connectivity index (χ4n) is 1.15. The molecule has 2 N–H and O–H groups in total. The van der Waals surface area contributed by atoms with Gasteiger partial charge in [0.25, 0.3) is 0 Å². The number of rotatable bonds is 4. The van der Waals surface area contributed by atoms with Gasteiger partial charge in [-0.15, -0.1) is 36.2 Å². The number of halogens is 2. The zero-order valence-electron chi connectivity index (χ0n) is 10.1. The summed E-state index contributed by atoms with van der Waals surface area (Å²) in [5, 5.41) is 2.83. The predicted molar refractivity (Wildman–Crippen MR) is 75.9 cm³/mol. The largest absolute Gasteiger partial charge is 0.338 e. The van der Waals surface area contributed by atoms with E-state index in [4.69, 9.17) is 5.73 Å². The molecule has 0 aliphatic carbocycles. The van der Waals surface area contributed by atoms with Crippen LogP contribution in [-0.2, 0) is 11.3 Å². The van der Waals surface area contributed by atoms with Crippen LogP contribution in [0.25, 0.3) is 0 Å². The highest BCUT2D eigenvalue weighted by Gasteiger charge is 2.21. The van der Waals surface area contributed by atoms with Crippen molar-refractivity contribution in [2.45, 2.75) is 26.4 Å². The van der Waals surface area contributed by atoms with Gasteiger partial charge in [-0.2, -0.15) is 0 Å². The van der Waals surface area contributed by atoms with E-state index in [1.165, 1.54) is 0 Å². The summed E-state index contributed by atoms with van der Waals surface area (Å²) in [7, 11) is 1.76. The fourth-order valence-corrected chi connectivity index (χ4v) is 1.82. The van der Waals surface area contributed by atoms with E-state index in [-0.39, 0.29) is 36.6 Å². The van der Waals surface area contributed by atoms with Crippen LogP contribution in [0.15, 0.2) is 11.6 Å². The number of hydrogen-bond donors (Lipinski definition) is 1. The maximum absolute atomic E-state index is 11.8. The molecule has 0 bridgehead atoms. The molecule has 1 aromatic heterocycles. The van der Waals surface area contributed by atoms with Gasteiger partial charge in [0.15, 0.2) is 0 Å². The first kappa shape index (κ1) is 19.0. The second-order valence-electron chi connectivity index (χ2n) is 3.89. The van der Waals surface area contributed by atoms with Gasteiger partial charge in [0.05, 0.1) is 12.6 Å². The van der Waals surface area contributed by atoms with Crippen molar-refractivity contribution in [2.24, 2.45) is 11.7 Å². The first-order valence-corrected chi connectivity index (χ1v) is 5.79. The third-order valence-electron chi connectivity index (χ3n) is 2.24. The molecule has 17 heavy (non-hydrogen) atoms. The number of carbonyl (C=O) groups excluding carboxylic acids is 1. The molecule has 1 atom stereocenters. The van der Waals surface area contributed by atoms with Crippen molar-refractivity contribution in [3.8, 4) is 0 Å². The smallest absolute Gasteiger partial charge is 0.239 e. The van der Waals surface area contributed by atoms with Gasteiger partial charge in [-0.05, 0) is 5.92 Å². The summed E-state index contributed by atoms with van der Waals surface area (Å²) in [6.45, 7) is 4.43. The standard InChI is InChI=1S/C10H17N3OS.2ClH/c1-7(2)9(11)10(14)13(3)6-8-12-4-5-15-8;;/h4-5,7,9H,6,11H2,1-3H3;2*1H/t9-;;/m0../s1. The van der Waals surface area contributed by atoms with Crippen molar-refractivity contribution >= 4 is 42.1 Å². The van der Waals surface area contributed by atoms with Gasteiger partial charge >= 0.3 is 0 Å². The molecule has 0 aliphatic heterocycles. The van der Waals surface area contributed by atoms with Crippen LogP contribution in [0.3, 0.4) is 0 Å². The monoisotopic (exact) mass is 299 g/mol. The van der Waals surface area contributed by atoms with Crippen molar-refractivity contribution < 1.29 is 4.79 Å². The van der Waals surface area contributed by atoms with Crippen molar-refractivity contribution in [1.82, 2.24) is 9.88 Å². The van der Waals surface area contributed by atoms with Crippen LogP contribution < -0.4 is 5.73 Å². The Bertz CT molecular complexity index is 319. The Kier molecular flexibility index (Phi) is 9.71. The summed E-state index contributed by atoms with van der Waals surface area (Å²) < 4.78 is 0. The van der Waals surface area contributed by atoms with Crippen molar-refractivity contribution in [1.29, 1.82) is 0 Å². The van der Waals surface area contributed by atoms with E-state index in [0.717, 1.165) is 5.01 Å². The van der Waals surface area contributed by atoms with Gasteiger partial charge in [0.1, 0.15) is 5.01 Å². The molecule has 1 rings (SSSR count). The molecule has 100 valence electrons. The van der Waals surface area contributed by atoms with E-state index in [9.17, 15) is 4.79 Å². The van der Waals surface area contributed by atoms with Gasteiger partial charge in [-0.1, -0.05) is 13.8 Å². The number of amides is 1. The Morgan fingerprint density at radius 2 is 2.12 bits per heavy atom. The summed E-state index contributed by atoms with van der Waals surface area (Å²) in [4.78, 5) is 17.5. The molecule has 1 heterocycles. The normalized spacial score (nSPS) is 11.4. The zero-order valence-corrected chi connectivity index (χ0v) is 12.6. The van der Waals surface area contributed by atoms with Gasteiger partial charge in [0, 0.05) is 18.6 Å². The minimum absolute atomic E-state index is 0. The van der Waals surface area contributed by atoms with E-state index in [0.29, 0.717) is 6.54 Å². The van der Waals surface area contributed by atoms with E-state index >= 15 is 0 Å². The molecule has 1 amide bonds. The topological polar surface area (TPSA) is 59.2 Å². The zero-order chi connectivity index (χ0) is 11.4. The number of thiazole rings is 1. The van der Waals surface area contributed by atoms with Gasteiger partial charge in [-0.3, -0.25) is 4.79 Å². The van der Waals surface area contributed by atoms with Crippen molar-refractivity contribution in [2.75, 3.05) is 7.05 Å². The second kappa shape index (κ2) is 8.69. The van der Waals surface area contributed by atoms with Gasteiger partial charge in [0.2, 0.25) is 5.91 Å². The summed E-state index contributed by atoms with van der Waals surface area (Å²) in [6, 6.07) is -0.421. The van der Waals surface area contributed by atoms with Crippen LogP contribution >= 0.6 is 36.2 Å². The summed E-state index contributed by atoms with van der Waals surface area (Å²) in [5.74, 6) is 0.136. The summed E-state index contributed by atoms with van der Waals surface area (Å²) >= 11 is 1.54. The highest BCUT2D eigenvalue weighted by Crippen LogP contribution is 2.09. The second-order valence-corrected chi connectivity index (χ2v) is 4.87. The first-order chi connectivity index (χ1) is 7.02. The average Bonchev–Trinajstić information content (AvgIpc) is 2.67. The number of aromatic nitrogens is 1. The van der Waals surface area contributed by atoms with Crippen LogP contribution in [0, 0.1) is 5.92 Å². The Morgan fingerprint density at radius 1 is 1.53 bits per heavy atom. The van der Waals surface area contributed by atoms with E-state index in [1.807, 2.05) is 19.2 Å². The van der Waals surface area contributed by atoms with E-state index in [1.54, 1.807) is 29.5 Å². The minimum atomic E-state index is -0.421. The third kappa shape index (κ3) is 5.68. The Balaban J connectivity index is 0. The number of carbonyl (C=O) groups is 1. The first-order valence-electron chi connectivity index (χ1n) is 4.91. The molecular weight excluding hydrogens is 281 g/mol. The molecule has 0 aromatic carbocycles. The van der Waals surface area contributed by atoms with Crippen LogP contribution in [-0.4, -0.2) is 28.9 Å². The lowest BCUT2D eigenvalue weighted by molar-refractivity contribution is -0.132. The molecule has 1 aromatic rings. The summed E-state index contributed by atoms with van der Waals surface area (Å²) in [5.41, 5.74) is 5.78. The highest BCUT2D eigenvalue weighted by molar-refractivity contribution is 7.09. The maximum atomic E-state index is 11.8. The van der Waals surface area contributed by atoms with Crippen LogP contribution in [0.1, 0.15) is 18.9 Å². The molecule has 0 spiro atoms. The Morgan fingerprint density at radius 3 is 2.53 bits per heavy atom. The number of hydrogen-bond acceptors (Lipinski definition) is 4. The van der Waals surface area contributed by atoms with Crippen molar-refractivity contribution in [3.05, 3.63) is 16.6 Å². The number of nitrogens with two attached hydrogens (primary N) is 1. The molecule has 4 nitrogen and oxygen atoms in total. The van der Waals surface area contributed by atoms with E-state index < -0.39 is 6.04 Å². The lowest BCUT2D eigenvalue weighted by Gasteiger charge is -2.22. The average molecular weight is 300 g/mol. The molecule has 0 aliphatic rings. The van der Waals surface area contributed by atoms with Crippen molar-refractivity contribution in [3.63, 3.8) is 0 Å². The molecule has 0 saturated heterocycles. The lowest BCUT2D eigenvalue weighted by Crippen LogP contribution is -2.44. The third-order valence-corrected chi connectivity index (χ3v) is 3.00. The fraction of sp³-hybridized carbons (Fsp3) is 0.600. The molecule has 7 heteroatoms. The lowest BCUT2D eigenvalue weighted by atomic mass is 10.0. The molecule has 0 radical (unpaired) electrons. The van der Waals surface area contributed by atoms with Crippen LogP contribution in [0.5, 0.6) is 0 Å². The quantitative estimate of drug-likeness (QED) is 0.924. The number of nitrogens with zero attached hydrogens (tertiary/aromatic N) is 2. The highest BCUT2D eigenvalue weighted by atomic mass is 35.5. The van der Waals surface area contributed by atoms with Gasteiger partial charge in [-0.25, -0.2) is 4.98 Å². The van der Waals surface area contributed by atoms with E-state index in [2.05, 4.69) is 4.98 Å². The minimum Gasteiger partial charge on any atom is -0.338 e. The SMILES string of the molecule is CC(C)[C@H](N)C(=O)N(C)Cc1nccs1.Cl.Cl. The maximum Gasteiger partial charge on any atom is 0.239 e. The Hall–Kier alpha value is -0.360. The molecule has 0 saturated carbocycles. The van der Waals surface area contributed by atoms with Crippen LogP contribution in [0.2, 0.25) is 0 Å². The number of likely N-dealkylation sites (N-methyl/N-ethyl adjacent to an activating group) is 1. The molecular formula is C10H19Cl2N3OS. The molecule has 0 unspecified atom stereocenters. The van der Waals surface area contributed by atoms with Gasteiger partial charge < -0.3 is 10.6 Å². The van der Waals surface area contributed by atoms with Crippen LogP contribution in [0.4, 0.5) is 0 Å².